The van der Waals surface area contributed by atoms with Crippen LogP contribution >= 0.6 is 47.8 Å². The minimum absolute atomic E-state index is 0.0221. The van der Waals surface area contributed by atoms with Crippen molar-refractivity contribution in [3.8, 4) is 0 Å². The van der Waals surface area contributed by atoms with Crippen molar-refractivity contribution >= 4 is 47.8 Å². The van der Waals surface area contributed by atoms with Gasteiger partial charge in [0.1, 0.15) is 0 Å². The molecular weight excluding hydrogens is 348 g/mol. The number of halogens is 3. The van der Waals surface area contributed by atoms with Crippen molar-refractivity contribution in [3.05, 3.63) is 35.9 Å². The first kappa shape index (κ1) is 10.7. The van der Waals surface area contributed by atoms with Crippen molar-refractivity contribution in [2.24, 2.45) is 0 Å². The number of alkyl halides is 3. The number of benzene rings is 1. The fourth-order valence-corrected chi connectivity index (χ4v) is 2.77. The predicted molar refractivity (Wildman–Crippen MR) is 64.6 cm³/mol. The van der Waals surface area contributed by atoms with Crippen LogP contribution in [0.5, 0.6) is 0 Å². The summed E-state index contributed by atoms with van der Waals surface area (Å²) in [5, 5.41) is 1.80. The van der Waals surface area contributed by atoms with Crippen molar-refractivity contribution in [2.75, 3.05) is 10.7 Å². The van der Waals surface area contributed by atoms with Gasteiger partial charge in [0.25, 0.3) is 0 Å². The average Bonchev–Trinajstić information content (AvgIpc) is 2.18. The summed E-state index contributed by atoms with van der Waals surface area (Å²) in [4.78, 5) is 0. The molecule has 0 aromatic heterocycles. The Morgan fingerprint density at radius 2 is 1.50 bits per heavy atom. The van der Waals surface area contributed by atoms with Gasteiger partial charge in [-0.1, -0.05) is 78.1 Å². The monoisotopic (exact) mass is 354 g/mol. The summed E-state index contributed by atoms with van der Waals surface area (Å²) in [6.45, 7) is 0. The zero-order chi connectivity index (χ0) is 9.03. The Balaban J connectivity index is 2.95. The highest BCUT2D eigenvalue weighted by atomic mass is 79.9. The van der Waals surface area contributed by atoms with Crippen molar-refractivity contribution in [1.82, 2.24) is 0 Å². The molecule has 1 rings (SSSR count). The van der Waals surface area contributed by atoms with E-state index in [-0.39, 0.29) is 4.32 Å². The van der Waals surface area contributed by atoms with Crippen LogP contribution in [0.1, 0.15) is 5.56 Å². The Morgan fingerprint density at radius 3 is 1.92 bits per heavy atom. The maximum atomic E-state index is 3.70. The van der Waals surface area contributed by atoms with Crippen LogP contribution in [-0.2, 0) is 4.32 Å². The van der Waals surface area contributed by atoms with Gasteiger partial charge in [0, 0.05) is 10.7 Å². The van der Waals surface area contributed by atoms with E-state index in [9.17, 15) is 0 Å². The highest BCUT2D eigenvalue weighted by Crippen LogP contribution is 2.34. The van der Waals surface area contributed by atoms with Crippen LogP contribution in [0.25, 0.3) is 0 Å². The number of hydrogen-bond acceptors (Lipinski definition) is 0. The molecule has 0 aliphatic rings. The maximum absolute atomic E-state index is 3.70. The van der Waals surface area contributed by atoms with Crippen molar-refractivity contribution in [1.29, 1.82) is 0 Å². The third-order valence-corrected chi connectivity index (χ3v) is 6.15. The van der Waals surface area contributed by atoms with Crippen LogP contribution in [0, 0.1) is 0 Å². The minimum Gasteiger partial charge on any atom is -0.0909 e. The molecule has 0 unspecified atom stereocenters. The van der Waals surface area contributed by atoms with E-state index in [2.05, 4.69) is 72.1 Å². The van der Waals surface area contributed by atoms with Crippen LogP contribution in [0.3, 0.4) is 0 Å². The highest BCUT2D eigenvalue weighted by molar-refractivity contribution is 9.13. The molecule has 1 aromatic rings. The van der Waals surface area contributed by atoms with Gasteiger partial charge < -0.3 is 0 Å². The molecule has 0 aliphatic heterocycles. The van der Waals surface area contributed by atoms with Crippen LogP contribution in [0.2, 0.25) is 0 Å². The molecule has 0 fully saturated rings. The molecule has 0 aliphatic carbocycles. The molecule has 12 heavy (non-hydrogen) atoms. The third kappa shape index (κ3) is 2.33. The lowest BCUT2D eigenvalue weighted by Gasteiger charge is -2.22. The molecule has 0 nitrogen and oxygen atoms in total. The van der Waals surface area contributed by atoms with E-state index < -0.39 is 0 Å². The lowest BCUT2D eigenvalue weighted by molar-refractivity contribution is 0.845. The second-order valence-corrected chi connectivity index (χ2v) is 5.24. The van der Waals surface area contributed by atoms with Crippen LogP contribution in [0.4, 0.5) is 0 Å². The van der Waals surface area contributed by atoms with Crippen molar-refractivity contribution in [3.63, 3.8) is 0 Å². The first-order valence-electron chi connectivity index (χ1n) is 3.59. The zero-order valence-electron chi connectivity index (χ0n) is 6.43. The lowest BCUT2D eigenvalue weighted by Crippen LogP contribution is -2.21. The Labute approximate surface area is 98.1 Å². The van der Waals surface area contributed by atoms with E-state index in [1.54, 1.807) is 0 Å². The second kappa shape index (κ2) is 4.77. The molecule has 0 saturated carbocycles. The number of rotatable bonds is 3. The zero-order valence-corrected chi connectivity index (χ0v) is 11.2. The summed E-state index contributed by atoms with van der Waals surface area (Å²) < 4.78 is 0.0221. The Hall–Kier alpha value is 0.660. The minimum atomic E-state index is 0.0221. The van der Waals surface area contributed by atoms with E-state index in [1.807, 2.05) is 6.07 Å². The molecule has 0 atom stereocenters. The molecule has 0 spiro atoms. The van der Waals surface area contributed by atoms with Crippen LogP contribution in [-0.4, -0.2) is 10.7 Å². The van der Waals surface area contributed by atoms with Gasteiger partial charge in [0.05, 0.1) is 4.32 Å². The lowest BCUT2D eigenvalue weighted by atomic mass is 10.0. The van der Waals surface area contributed by atoms with Gasteiger partial charge >= 0.3 is 0 Å². The normalized spacial score (nSPS) is 11.6. The fourth-order valence-electron chi connectivity index (χ4n) is 0.927. The van der Waals surface area contributed by atoms with E-state index >= 15 is 0 Å². The molecule has 0 saturated heterocycles. The standard InChI is InChI=1S/C9H9Br3/c10-6-9(12,7-11)8-4-2-1-3-5-8/h1-5H,6-7H2. The fraction of sp³-hybridized carbons (Fsp3) is 0.333. The van der Waals surface area contributed by atoms with Gasteiger partial charge in [-0.25, -0.2) is 0 Å². The summed E-state index contributed by atoms with van der Waals surface area (Å²) in [5.74, 6) is 0. The SMILES string of the molecule is BrCC(Br)(CBr)c1ccccc1. The third-order valence-electron chi connectivity index (χ3n) is 1.71. The van der Waals surface area contributed by atoms with Gasteiger partial charge in [-0.3, -0.25) is 0 Å². The average molecular weight is 357 g/mol. The Kier molecular flexibility index (Phi) is 4.27. The summed E-state index contributed by atoms with van der Waals surface area (Å²) in [7, 11) is 0. The quantitative estimate of drug-likeness (QED) is 0.716. The highest BCUT2D eigenvalue weighted by Gasteiger charge is 2.25. The molecule has 0 bridgehead atoms. The van der Waals surface area contributed by atoms with E-state index in [0.717, 1.165) is 10.7 Å². The summed E-state index contributed by atoms with van der Waals surface area (Å²) in [6.07, 6.45) is 0. The van der Waals surface area contributed by atoms with Gasteiger partial charge in [-0.15, -0.1) is 0 Å². The maximum Gasteiger partial charge on any atom is 0.0698 e. The smallest absolute Gasteiger partial charge is 0.0698 e. The predicted octanol–water partition coefficient (Wildman–Crippen LogP) is 4.07. The van der Waals surface area contributed by atoms with Crippen molar-refractivity contribution < 1.29 is 0 Å². The summed E-state index contributed by atoms with van der Waals surface area (Å²) in [5.41, 5.74) is 1.29. The van der Waals surface area contributed by atoms with Gasteiger partial charge in [0.15, 0.2) is 0 Å². The van der Waals surface area contributed by atoms with E-state index in [0.29, 0.717) is 0 Å². The molecule has 3 heteroatoms. The van der Waals surface area contributed by atoms with Gasteiger partial charge in [0.2, 0.25) is 0 Å². The molecule has 66 valence electrons. The molecular formula is C9H9Br3. The summed E-state index contributed by atoms with van der Waals surface area (Å²) in [6, 6.07) is 10.4. The Morgan fingerprint density at radius 1 is 1.00 bits per heavy atom. The van der Waals surface area contributed by atoms with Gasteiger partial charge in [-0.2, -0.15) is 0 Å². The van der Waals surface area contributed by atoms with E-state index in [1.165, 1.54) is 5.56 Å². The number of hydrogen-bond donors (Lipinski definition) is 0. The largest absolute Gasteiger partial charge is 0.0909 e. The first-order chi connectivity index (χ1) is 5.73. The topological polar surface area (TPSA) is 0 Å². The van der Waals surface area contributed by atoms with Gasteiger partial charge in [-0.05, 0) is 5.56 Å². The van der Waals surface area contributed by atoms with Crippen molar-refractivity contribution in [2.45, 2.75) is 4.32 Å². The summed E-state index contributed by atoms with van der Waals surface area (Å²) >= 11 is 10.7. The van der Waals surface area contributed by atoms with E-state index in [4.69, 9.17) is 0 Å². The van der Waals surface area contributed by atoms with Crippen LogP contribution in [0.15, 0.2) is 30.3 Å². The second-order valence-electron chi connectivity index (χ2n) is 2.60. The molecule has 0 radical (unpaired) electrons. The Bertz CT molecular complexity index is 229. The first-order valence-corrected chi connectivity index (χ1v) is 6.63. The van der Waals surface area contributed by atoms with Crippen LogP contribution < -0.4 is 0 Å². The molecule has 0 heterocycles. The molecule has 0 N–H and O–H groups in total. The molecule has 1 aromatic carbocycles. The molecule has 0 amide bonds.